The Labute approximate surface area is 113 Å². The molecule has 0 bridgehead atoms. The van der Waals surface area contributed by atoms with E-state index in [0.717, 1.165) is 37.1 Å². The molecule has 1 N–H and O–H groups in total. The van der Waals surface area contributed by atoms with Crippen LogP contribution in [0.4, 0.5) is 5.69 Å². The number of aliphatic carboxylic acids is 1. The fourth-order valence-electron chi connectivity index (χ4n) is 2.78. The highest BCUT2D eigenvalue weighted by atomic mass is 16.4. The zero-order valence-corrected chi connectivity index (χ0v) is 11.1. The van der Waals surface area contributed by atoms with Crippen molar-refractivity contribution in [1.29, 1.82) is 5.26 Å². The summed E-state index contributed by atoms with van der Waals surface area (Å²) in [5.74, 6) is -0.747. The van der Waals surface area contributed by atoms with Gasteiger partial charge in [0.2, 0.25) is 0 Å². The van der Waals surface area contributed by atoms with Gasteiger partial charge in [-0.15, -0.1) is 0 Å². The molecule has 0 saturated carbocycles. The Hall–Kier alpha value is -2.02. The Morgan fingerprint density at radius 1 is 1.53 bits per heavy atom. The molecule has 1 fully saturated rings. The molecule has 0 aromatic heterocycles. The van der Waals surface area contributed by atoms with E-state index in [1.807, 2.05) is 19.1 Å². The number of anilines is 1. The molecule has 1 aromatic rings. The summed E-state index contributed by atoms with van der Waals surface area (Å²) in [7, 11) is 0. The van der Waals surface area contributed by atoms with E-state index in [2.05, 4.69) is 11.0 Å². The molecule has 2 rings (SSSR count). The zero-order chi connectivity index (χ0) is 13.8. The largest absolute Gasteiger partial charge is 0.481 e. The zero-order valence-electron chi connectivity index (χ0n) is 11.1. The number of aryl methyl sites for hydroxylation is 1. The maximum absolute atomic E-state index is 11.0. The van der Waals surface area contributed by atoms with Gasteiger partial charge < -0.3 is 10.0 Å². The Kier molecular flexibility index (Phi) is 4.06. The van der Waals surface area contributed by atoms with Crippen LogP contribution in [0.3, 0.4) is 0 Å². The summed E-state index contributed by atoms with van der Waals surface area (Å²) in [4.78, 5) is 13.1. The van der Waals surface area contributed by atoms with Crippen molar-refractivity contribution in [2.75, 3.05) is 11.4 Å². The lowest BCUT2D eigenvalue weighted by Crippen LogP contribution is -2.41. The van der Waals surface area contributed by atoms with Crippen LogP contribution in [0.1, 0.15) is 36.8 Å². The molecule has 4 heteroatoms. The first kappa shape index (κ1) is 13.4. The van der Waals surface area contributed by atoms with E-state index in [9.17, 15) is 4.79 Å². The van der Waals surface area contributed by atoms with Crippen LogP contribution in [-0.2, 0) is 4.79 Å². The van der Waals surface area contributed by atoms with E-state index in [1.54, 1.807) is 6.07 Å². The van der Waals surface area contributed by atoms with Crippen LogP contribution in [-0.4, -0.2) is 23.7 Å². The van der Waals surface area contributed by atoms with E-state index >= 15 is 0 Å². The minimum atomic E-state index is -0.747. The van der Waals surface area contributed by atoms with Crippen molar-refractivity contribution in [2.24, 2.45) is 0 Å². The third kappa shape index (κ3) is 3.05. The molecule has 1 aromatic carbocycles. The monoisotopic (exact) mass is 258 g/mol. The molecule has 100 valence electrons. The quantitative estimate of drug-likeness (QED) is 0.905. The summed E-state index contributed by atoms with van der Waals surface area (Å²) in [6, 6.07) is 7.80. The number of benzene rings is 1. The Morgan fingerprint density at radius 2 is 2.32 bits per heavy atom. The third-order valence-corrected chi connectivity index (χ3v) is 3.67. The molecule has 0 radical (unpaired) electrons. The average molecular weight is 258 g/mol. The van der Waals surface area contributed by atoms with Gasteiger partial charge in [-0.2, -0.15) is 5.26 Å². The third-order valence-electron chi connectivity index (χ3n) is 3.67. The Balaban J connectivity index is 2.27. The molecular formula is C15H18N2O2. The molecule has 1 saturated heterocycles. The highest BCUT2D eigenvalue weighted by Gasteiger charge is 2.25. The fourth-order valence-corrected chi connectivity index (χ4v) is 2.78. The van der Waals surface area contributed by atoms with Gasteiger partial charge in [0.15, 0.2) is 0 Å². The van der Waals surface area contributed by atoms with E-state index in [1.165, 1.54) is 0 Å². The van der Waals surface area contributed by atoms with Crippen molar-refractivity contribution in [3.05, 3.63) is 29.3 Å². The molecular weight excluding hydrogens is 240 g/mol. The van der Waals surface area contributed by atoms with Gasteiger partial charge in [0.05, 0.1) is 18.1 Å². The van der Waals surface area contributed by atoms with Crippen molar-refractivity contribution >= 4 is 11.7 Å². The first-order chi connectivity index (χ1) is 9.11. The molecule has 4 nitrogen and oxygen atoms in total. The van der Waals surface area contributed by atoms with Crippen LogP contribution in [0.5, 0.6) is 0 Å². The SMILES string of the molecule is Cc1cc(C#N)ccc1N1CCCCC1CC(=O)O. The minimum Gasteiger partial charge on any atom is -0.481 e. The molecule has 0 aliphatic carbocycles. The first-order valence-corrected chi connectivity index (χ1v) is 6.61. The average Bonchev–Trinajstić information content (AvgIpc) is 2.39. The Bertz CT molecular complexity index is 519. The van der Waals surface area contributed by atoms with Gasteiger partial charge in [-0.25, -0.2) is 0 Å². The molecule has 19 heavy (non-hydrogen) atoms. The van der Waals surface area contributed by atoms with Gasteiger partial charge in [0.25, 0.3) is 0 Å². The summed E-state index contributed by atoms with van der Waals surface area (Å²) in [6.07, 6.45) is 3.28. The van der Waals surface area contributed by atoms with Crippen molar-refractivity contribution in [1.82, 2.24) is 0 Å². The summed E-state index contributed by atoms with van der Waals surface area (Å²) in [6.45, 7) is 2.87. The minimum absolute atomic E-state index is 0.0675. The number of carboxylic acids is 1. The van der Waals surface area contributed by atoms with Gasteiger partial charge in [0, 0.05) is 18.3 Å². The summed E-state index contributed by atoms with van der Waals surface area (Å²) in [5.41, 5.74) is 2.74. The topological polar surface area (TPSA) is 64.3 Å². The fraction of sp³-hybridized carbons (Fsp3) is 0.467. The second-order valence-corrected chi connectivity index (χ2v) is 5.05. The van der Waals surface area contributed by atoms with Crippen LogP contribution in [0, 0.1) is 18.3 Å². The summed E-state index contributed by atoms with van der Waals surface area (Å²) >= 11 is 0. The number of carbonyl (C=O) groups is 1. The molecule has 0 amide bonds. The molecule has 1 atom stereocenters. The molecule has 0 spiro atoms. The van der Waals surface area contributed by atoms with Crippen LogP contribution < -0.4 is 4.90 Å². The van der Waals surface area contributed by atoms with Crippen LogP contribution in [0.15, 0.2) is 18.2 Å². The lowest BCUT2D eigenvalue weighted by Gasteiger charge is -2.37. The van der Waals surface area contributed by atoms with Crippen molar-refractivity contribution in [2.45, 2.75) is 38.6 Å². The molecule has 1 unspecified atom stereocenters. The number of nitrogens with zero attached hydrogens (tertiary/aromatic N) is 2. The van der Waals surface area contributed by atoms with E-state index in [-0.39, 0.29) is 12.5 Å². The van der Waals surface area contributed by atoms with Crippen LogP contribution in [0.2, 0.25) is 0 Å². The van der Waals surface area contributed by atoms with E-state index < -0.39 is 5.97 Å². The number of rotatable bonds is 3. The molecule has 1 heterocycles. The maximum atomic E-state index is 11.0. The summed E-state index contributed by atoms with van der Waals surface area (Å²) in [5, 5.41) is 17.9. The second-order valence-electron chi connectivity index (χ2n) is 5.05. The van der Waals surface area contributed by atoms with E-state index in [4.69, 9.17) is 10.4 Å². The number of hydrogen-bond donors (Lipinski definition) is 1. The number of carboxylic acid groups (broad SMARTS) is 1. The van der Waals surface area contributed by atoms with Gasteiger partial charge in [-0.3, -0.25) is 4.79 Å². The number of hydrogen-bond acceptors (Lipinski definition) is 3. The van der Waals surface area contributed by atoms with Crippen molar-refractivity contribution < 1.29 is 9.90 Å². The van der Waals surface area contributed by atoms with Crippen molar-refractivity contribution in [3.63, 3.8) is 0 Å². The summed E-state index contributed by atoms with van der Waals surface area (Å²) < 4.78 is 0. The highest BCUT2D eigenvalue weighted by molar-refractivity contribution is 5.69. The lowest BCUT2D eigenvalue weighted by molar-refractivity contribution is -0.137. The van der Waals surface area contributed by atoms with Crippen molar-refractivity contribution in [3.8, 4) is 6.07 Å². The van der Waals surface area contributed by atoms with Crippen LogP contribution in [0.25, 0.3) is 0 Å². The second kappa shape index (κ2) is 5.75. The Morgan fingerprint density at radius 3 is 2.95 bits per heavy atom. The molecule has 1 aliphatic heterocycles. The van der Waals surface area contributed by atoms with Gasteiger partial charge in [-0.05, 0) is 49.9 Å². The van der Waals surface area contributed by atoms with Crippen LogP contribution >= 0.6 is 0 Å². The van der Waals surface area contributed by atoms with Gasteiger partial charge >= 0.3 is 5.97 Å². The first-order valence-electron chi connectivity index (χ1n) is 6.61. The van der Waals surface area contributed by atoms with E-state index in [0.29, 0.717) is 5.56 Å². The molecule has 1 aliphatic rings. The number of piperidine rings is 1. The maximum Gasteiger partial charge on any atom is 0.305 e. The van der Waals surface area contributed by atoms with Gasteiger partial charge in [-0.1, -0.05) is 0 Å². The smallest absolute Gasteiger partial charge is 0.305 e. The number of nitriles is 1. The normalized spacial score (nSPS) is 18.9. The lowest BCUT2D eigenvalue weighted by atomic mass is 9.97. The van der Waals surface area contributed by atoms with Gasteiger partial charge in [0.1, 0.15) is 0 Å². The highest BCUT2D eigenvalue weighted by Crippen LogP contribution is 2.29. The standard InChI is InChI=1S/C15H18N2O2/c1-11-8-12(10-16)5-6-14(11)17-7-3-2-4-13(17)9-15(18)19/h5-6,8,13H,2-4,7,9H2,1H3,(H,18,19). The predicted molar refractivity (Wildman–Crippen MR) is 73.1 cm³/mol. The predicted octanol–water partition coefficient (Wildman–Crippen LogP) is 2.70.